The van der Waals surface area contributed by atoms with E-state index in [4.69, 9.17) is 9.15 Å². The number of nitrogens with one attached hydrogen (secondary N) is 1. The molecule has 0 atom stereocenters. The number of carbonyl (C=O) groups is 1. The average molecular weight is 397 g/mol. The van der Waals surface area contributed by atoms with Crippen molar-refractivity contribution < 1.29 is 13.9 Å². The lowest BCUT2D eigenvalue weighted by Crippen LogP contribution is -2.10. The highest BCUT2D eigenvalue weighted by molar-refractivity contribution is 9.10. The molecule has 2 aromatic heterocycles. The number of rotatable bonds is 3. The van der Waals surface area contributed by atoms with E-state index in [2.05, 4.69) is 26.2 Å². The topological polar surface area (TPSA) is 64.4 Å². The van der Waals surface area contributed by atoms with Crippen molar-refractivity contribution >= 4 is 49.4 Å². The maximum absolute atomic E-state index is 12.4. The first-order valence-corrected chi connectivity index (χ1v) is 8.36. The van der Waals surface area contributed by atoms with Crippen LogP contribution >= 0.6 is 15.9 Å². The summed E-state index contributed by atoms with van der Waals surface area (Å²) in [5, 5.41) is 4.59. The number of ether oxygens (including phenoxy) is 1. The summed E-state index contributed by atoms with van der Waals surface area (Å²) in [6.07, 6.45) is 1.61. The molecule has 2 aromatic carbocycles. The van der Waals surface area contributed by atoms with E-state index >= 15 is 0 Å². The van der Waals surface area contributed by atoms with Crippen LogP contribution in [-0.2, 0) is 0 Å². The molecule has 0 saturated carbocycles. The van der Waals surface area contributed by atoms with Crippen LogP contribution in [0, 0.1) is 0 Å². The van der Waals surface area contributed by atoms with Gasteiger partial charge in [0, 0.05) is 21.3 Å². The van der Waals surface area contributed by atoms with Crippen molar-refractivity contribution in [1.82, 2.24) is 4.98 Å². The Kier molecular flexibility index (Phi) is 3.89. The molecule has 0 aliphatic carbocycles. The van der Waals surface area contributed by atoms with Gasteiger partial charge in [-0.25, -0.2) is 0 Å². The minimum absolute atomic E-state index is 0.253. The summed E-state index contributed by atoms with van der Waals surface area (Å²) in [7, 11) is 1.61. The van der Waals surface area contributed by atoms with Gasteiger partial charge in [0.15, 0.2) is 5.76 Å². The van der Waals surface area contributed by atoms with Crippen molar-refractivity contribution in [1.29, 1.82) is 0 Å². The third-order valence-corrected chi connectivity index (χ3v) is 4.34. The Morgan fingerprint density at radius 2 is 2.00 bits per heavy atom. The fourth-order valence-electron chi connectivity index (χ4n) is 2.62. The third kappa shape index (κ3) is 3.08. The molecular formula is C19H13BrN2O3. The smallest absolute Gasteiger partial charge is 0.291 e. The molecule has 4 aromatic rings. The Morgan fingerprint density at radius 3 is 2.84 bits per heavy atom. The van der Waals surface area contributed by atoms with Crippen molar-refractivity contribution in [2.75, 3.05) is 12.4 Å². The van der Waals surface area contributed by atoms with Crippen LogP contribution in [0.2, 0.25) is 0 Å². The number of hydrogen-bond donors (Lipinski definition) is 1. The molecule has 1 amide bonds. The van der Waals surface area contributed by atoms with E-state index in [0.717, 1.165) is 26.5 Å². The second-order valence-corrected chi connectivity index (χ2v) is 6.45. The molecule has 0 aliphatic heterocycles. The Morgan fingerprint density at radius 1 is 1.12 bits per heavy atom. The average Bonchev–Trinajstić information content (AvgIpc) is 3.04. The van der Waals surface area contributed by atoms with Gasteiger partial charge >= 0.3 is 0 Å². The molecule has 0 radical (unpaired) electrons. The minimum Gasteiger partial charge on any atom is -0.497 e. The predicted molar refractivity (Wildman–Crippen MR) is 100 cm³/mol. The van der Waals surface area contributed by atoms with Crippen LogP contribution < -0.4 is 10.1 Å². The monoisotopic (exact) mass is 396 g/mol. The summed E-state index contributed by atoms with van der Waals surface area (Å²) in [5.41, 5.74) is 2.06. The lowest BCUT2D eigenvalue weighted by molar-refractivity contribution is 0.0998. The first-order chi connectivity index (χ1) is 12.1. The molecule has 25 heavy (non-hydrogen) atoms. The van der Waals surface area contributed by atoms with E-state index in [1.54, 1.807) is 19.4 Å². The molecule has 1 N–H and O–H groups in total. The largest absolute Gasteiger partial charge is 0.497 e. The van der Waals surface area contributed by atoms with Gasteiger partial charge in [-0.15, -0.1) is 0 Å². The van der Waals surface area contributed by atoms with Gasteiger partial charge in [0.2, 0.25) is 0 Å². The first kappa shape index (κ1) is 15.7. The minimum atomic E-state index is -0.318. The van der Waals surface area contributed by atoms with Crippen LogP contribution in [0.4, 0.5) is 5.69 Å². The van der Waals surface area contributed by atoms with Gasteiger partial charge in [-0.3, -0.25) is 9.78 Å². The summed E-state index contributed by atoms with van der Waals surface area (Å²) in [4.78, 5) is 16.8. The molecule has 124 valence electrons. The van der Waals surface area contributed by atoms with Crippen LogP contribution in [0.5, 0.6) is 5.75 Å². The van der Waals surface area contributed by atoms with Gasteiger partial charge in [0.1, 0.15) is 11.3 Å². The Bertz CT molecular complexity index is 1100. The van der Waals surface area contributed by atoms with Crippen LogP contribution in [0.3, 0.4) is 0 Å². The van der Waals surface area contributed by atoms with E-state index in [0.29, 0.717) is 11.3 Å². The molecule has 5 nitrogen and oxygen atoms in total. The second-order valence-electron chi connectivity index (χ2n) is 5.53. The number of methoxy groups -OCH3 is 1. The summed E-state index contributed by atoms with van der Waals surface area (Å²) in [6, 6.07) is 14.8. The van der Waals surface area contributed by atoms with Gasteiger partial charge in [0.25, 0.3) is 5.91 Å². The molecule has 0 unspecified atom stereocenters. The fraction of sp³-hybridized carbons (Fsp3) is 0.0526. The molecule has 0 aliphatic rings. The van der Waals surface area contributed by atoms with Crippen LogP contribution in [-0.4, -0.2) is 18.0 Å². The number of aromatic nitrogens is 1. The molecule has 6 heteroatoms. The highest BCUT2D eigenvalue weighted by atomic mass is 79.9. The van der Waals surface area contributed by atoms with E-state index in [1.165, 1.54) is 0 Å². The number of anilines is 1. The number of pyridine rings is 1. The van der Waals surface area contributed by atoms with Gasteiger partial charge in [-0.1, -0.05) is 15.9 Å². The normalized spacial score (nSPS) is 11.0. The van der Waals surface area contributed by atoms with Gasteiger partial charge in [-0.2, -0.15) is 0 Å². The van der Waals surface area contributed by atoms with Gasteiger partial charge in [0.05, 0.1) is 24.5 Å². The Hall–Kier alpha value is -2.86. The van der Waals surface area contributed by atoms with Gasteiger partial charge in [-0.05, 0) is 42.5 Å². The van der Waals surface area contributed by atoms with Gasteiger partial charge < -0.3 is 14.5 Å². The highest BCUT2D eigenvalue weighted by Crippen LogP contribution is 2.25. The van der Waals surface area contributed by atoms with Crippen LogP contribution in [0.25, 0.3) is 21.9 Å². The van der Waals surface area contributed by atoms with Crippen molar-refractivity contribution in [3.8, 4) is 5.75 Å². The van der Waals surface area contributed by atoms with Crippen molar-refractivity contribution in [2.24, 2.45) is 0 Å². The molecular weight excluding hydrogens is 384 g/mol. The summed E-state index contributed by atoms with van der Waals surface area (Å²) < 4.78 is 11.7. The van der Waals surface area contributed by atoms with E-state index in [-0.39, 0.29) is 11.7 Å². The zero-order chi connectivity index (χ0) is 17.4. The Labute approximate surface area is 151 Å². The number of furan rings is 1. The number of nitrogens with zero attached hydrogens (tertiary/aromatic N) is 1. The molecule has 0 bridgehead atoms. The van der Waals surface area contributed by atoms with Crippen LogP contribution in [0.15, 0.2) is 63.6 Å². The van der Waals surface area contributed by atoms with E-state index < -0.39 is 0 Å². The summed E-state index contributed by atoms with van der Waals surface area (Å²) in [5.74, 6) is 0.676. The fourth-order valence-corrected chi connectivity index (χ4v) is 2.99. The maximum Gasteiger partial charge on any atom is 0.291 e. The number of fused-ring (bicyclic) bond motifs is 2. The van der Waals surface area contributed by atoms with E-state index in [9.17, 15) is 4.79 Å². The molecule has 0 fully saturated rings. The van der Waals surface area contributed by atoms with Crippen molar-refractivity contribution in [3.05, 3.63) is 65.0 Å². The lowest BCUT2D eigenvalue weighted by atomic mass is 10.2. The number of hydrogen-bond acceptors (Lipinski definition) is 4. The quantitative estimate of drug-likeness (QED) is 0.528. The zero-order valence-corrected chi connectivity index (χ0v) is 14.8. The maximum atomic E-state index is 12.4. The first-order valence-electron chi connectivity index (χ1n) is 7.56. The number of carbonyl (C=O) groups excluding carboxylic acids is 1. The summed E-state index contributed by atoms with van der Waals surface area (Å²) >= 11 is 3.41. The second kappa shape index (κ2) is 6.22. The SMILES string of the molecule is COc1ccc2cc(NC(=O)c3cc4cc(Br)ccc4o3)cnc2c1. The molecule has 2 heterocycles. The number of halogens is 1. The number of benzene rings is 2. The standard InChI is InChI=1S/C19H13BrN2O3/c1-24-15-4-2-11-7-14(10-21-16(11)9-15)22-19(23)18-8-12-6-13(20)3-5-17(12)25-18/h2-10H,1H3,(H,22,23). The number of amides is 1. The predicted octanol–water partition coefficient (Wildman–Crippen LogP) is 5.00. The third-order valence-electron chi connectivity index (χ3n) is 3.85. The Balaban J connectivity index is 1.61. The van der Waals surface area contributed by atoms with E-state index in [1.807, 2.05) is 42.5 Å². The molecule has 4 rings (SSSR count). The summed E-state index contributed by atoms with van der Waals surface area (Å²) in [6.45, 7) is 0. The molecule has 0 saturated heterocycles. The molecule has 0 spiro atoms. The van der Waals surface area contributed by atoms with Crippen molar-refractivity contribution in [2.45, 2.75) is 0 Å². The van der Waals surface area contributed by atoms with Crippen LogP contribution in [0.1, 0.15) is 10.6 Å². The highest BCUT2D eigenvalue weighted by Gasteiger charge is 2.13. The van der Waals surface area contributed by atoms with Crippen molar-refractivity contribution in [3.63, 3.8) is 0 Å². The zero-order valence-electron chi connectivity index (χ0n) is 13.2. The lowest BCUT2D eigenvalue weighted by Gasteiger charge is -2.06.